The first-order chi connectivity index (χ1) is 12.3. The van der Waals surface area contributed by atoms with Crippen molar-refractivity contribution in [1.29, 1.82) is 0 Å². The molecule has 1 aliphatic heterocycles. The number of pyridine rings is 1. The van der Waals surface area contributed by atoms with Gasteiger partial charge < -0.3 is 9.74 Å². The average molecular weight is 362 g/mol. The molecule has 0 bridgehead atoms. The topological polar surface area (TPSA) is 45.7 Å². The Hall–Kier alpha value is -1.46. The zero-order valence-corrected chi connectivity index (χ0v) is 17.1. The highest BCUT2D eigenvalue weighted by Crippen LogP contribution is 2.27. The van der Waals surface area contributed by atoms with E-state index >= 15 is 0 Å². The summed E-state index contributed by atoms with van der Waals surface area (Å²) in [7, 11) is 4.37. The molecule has 1 atom stereocenters. The minimum Gasteiger partial charge on any atom is -0.367 e. The first-order valence-corrected chi connectivity index (χ1v) is 9.80. The number of rotatable bonds is 7. The third kappa shape index (κ3) is 6.36. The Balaban J connectivity index is 1.79. The molecule has 1 aromatic rings. The molecular formula is C21H35N3O2. The smallest absolute Gasteiger partial charge is 0.330 e. The molecule has 2 rings (SSSR count). The molecule has 5 heteroatoms. The highest BCUT2D eigenvalue weighted by molar-refractivity contribution is 5.75. The van der Waals surface area contributed by atoms with Crippen LogP contribution < -0.4 is 0 Å². The second kappa shape index (κ2) is 9.47. The Bertz CT molecular complexity index is 546. The largest absolute Gasteiger partial charge is 0.367 e. The molecule has 1 aromatic heterocycles. The number of hydrogen-bond acceptors (Lipinski definition) is 5. The Kier molecular flexibility index (Phi) is 7.59. The number of hydrogen-bond donors (Lipinski definition) is 0. The number of piperidine rings is 1. The van der Waals surface area contributed by atoms with E-state index in [4.69, 9.17) is 4.84 Å². The zero-order valence-electron chi connectivity index (χ0n) is 17.1. The van der Waals surface area contributed by atoms with Crippen LogP contribution >= 0.6 is 0 Å². The zero-order chi connectivity index (χ0) is 19.2. The molecule has 2 heterocycles. The third-order valence-electron chi connectivity index (χ3n) is 5.25. The minimum atomic E-state index is -0.448. The van der Waals surface area contributed by atoms with Crippen LogP contribution in [0.5, 0.6) is 0 Å². The van der Waals surface area contributed by atoms with Crippen molar-refractivity contribution < 1.29 is 9.63 Å². The summed E-state index contributed by atoms with van der Waals surface area (Å²) in [5.41, 5.74) is 0.914. The average Bonchev–Trinajstić information content (AvgIpc) is 2.59. The van der Waals surface area contributed by atoms with Gasteiger partial charge in [-0.05, 0) is 90.6 Å². The highest BCUT2D eigenvalue weighted by atomic mass is 16.7. The highest BCUT2D eigenvalue weighted by Gasteiger charge is 2.31. The van der Waals surface area contributed by atoms with Crippen LogP contribution in [0.3, 0.4) is 0 Å². The summed E-state index contributed by atoms with van der Waals surface area (Å²) < 4.78 is 0. The number of hydroxylamine groups is 2. The molecule has 1 saturated heterocycles. The van der Waals surface area contributed by atoms with Gasteiger partial charge in [-0.25, -0.2) is 4.79 Å². The lowest BCUT2D eigenvalue weighted by molar-refractivity contribution is -0.206. The summed E-state index contributed by atoms with van der Waals surface area (Å²) in [5.74, 6) is 0.518. The molecule has 0 N–H and O–H groups in total. The van der Waals surface area contributed by atoms with Gasteiger partial charge in [0.15, 0.2) is 0 Å². The van der Waals surface area contributed by atoms with Crippen molar-refractivity contribution in [3.8, 4) is 0 Å². The molecule has 1 fully saturated rings. The van der Waals surface area contributed by atoms with E-state index in [2.05, 4.69) is 36.1 Å². The Labute approximate surface area is 158 Å². The molecule has 0 aromatic carbocycles. The van der Waals surface area contributed by atoms with E-state index in [1.165, 1.54) is 18.4 Å². The van der Waals surface area contributed by atoms with E-state index in [9.17, 15) is 4.79 Å². The van der Waals surface area contributed by atoms with Gasteiger partial charge in [0, 0.05) is 31.5 Å². The standard InChI is InChI=1S/C21H35N3O2/c1-21(2,3)20(25)26-24-15-11-18(12-16-24)19(23(4)5)8-6-7-17-9-13-22-14-10-17/h9-10,13-14,18-19H,6-8,11-12,15-16H2,1-5H3. The van der Waals surface area contributed by atoms with Gasteiger partial charge in [0.2, 0.25) is 0 Å². The molecule has 0 saturated carbocycles. The molecule has 1 unspecified atom stereocenters. The van der Waals surface area contributed by atoms with Gasteiger partial charge >= 0.3 is 5.97 Å². The summed E-state index contributed by atoms with van der Waals surface area (Å²) in [6.45, 7) is 7.36. The van der Waals surface area contributed by atoms with Crippen LogP contribution in [-0.2, 0) is 16.1 Å². The molecular weight excluding hydrogens is 326 g/mol. The van der Waals surface area contributed by atoms with Crippen molar-refractivity contribution in [3.05, 3.63) is 30.1 Å². The maximum atomic E-state index is 12.1. The predicted molar refractivity (Wildman–Crippen MR) is 104 cm³/mol. The van der Waals surface area contributed by atoms with Crippen LogP contribution in [0, 0.1) is 11.3 Å². The van der Waals surface area contributed by atoms with Crippen molar-refractivity contribution in [1.82, 2.24) is 14.9 Å². The molecule has 146 valence electrons. The van der Waals surface area contributed by atoms with Gasteiger partial charge in [-0.3, -0.25) is 4.98 Å². The van der Waals surface area contributed by atoms with Gasteiger partial charge in [0.25, 0.3) is 0 Å². The lowest BCUT2D eigenvalue weighted by Gasteiger charge is -2.38. The lowest BCUT2D eigenvalue weighted by Crippen LogP contribution is -2.44. The summed E-state index contributed by atoms with van der Waals surface area (Å²) in [5, 5.41) is 1.85. The first kappa shape index (κ1) is 20.8. The molecule has 0 amide bonds. The number of carbonyl (C=O) groups excluding carboxylic acids is 1. The monoisotopic (exact) mass is 361 g/mol. The van der Waals surface area contributed by atoms with Gasteiger partial charge in [0.1, 0.15) is 0 Å². The van der Waals surface area contributed by atoms with E-state index in [1.54, 1.807) is 0 Å². The van der Waals surface area contributed by atoms with Crippen molar-refractivity contribution >= 4 is 5.97 Å². The number of nitrogens with zero attached hydrogens (tertiary/aromatic N) is 3. The summed E-state index contributed by atoms with van der Waals surface area (Å²) >= 11 is 0. The van der Waals surface area contributed by atoms with Gasteiger partial charge in [-0.1, -0.05) is 0 Å². The van der Waals surface area contributed by atoms with Gasteiger partial charge in [0.05, 0.1) is 5.41 Å². The summed E-state index contributed by atoms with van der Waals surface area (Å²) in [4.78, 5) is 24.1. The van der Waals surface area contributed by atoms with E-state index < -0.39 is 5.41 Å². The second-order valence-corrected chi connectivity index (χ2v) is 8.67. The van der Waals surface area contributed by atoms with Crippen LogP contribution in [0.25, 0.3) is 0 Å². The van der Waals surface area contributed by atoms with E-state index in [0.29, 0.717) is 12.0 Å². The van der Waals surface area contributed by atoms with Crippen molar-refractivity contribution in [2.24, 2.45) is 11.3 Å². The number of aromatic nitrogens is 1. The van der Waals surface area contributed by atoms with E-state index in [1.807, 2.05) is 38.2 Å². The number of carbonyl (C=O) groups is 1. The Morgan fingerprint density at radius 3 is 2.42 bits per heavy atom. The molecule has 1 aliphatic rings. The quantitative estimate of drug-likeness (QED) is 0.743. The molecule has 0 spiro atoms. The van der Waals surface area contributed by atoms with Crippen molar-refractivity contribution in [3.63, 3.8) is 0 Å². The molecule has 5 nitrogen and oxygen atoms in total. The lowest BCUT2D eigenvalue weighted by atomic mass is 9.86. The third-order valence-corrected chi connectivity index (χ3v) is 5.25. The molecule has 0 aliphatic carbocycles. The minimum absolute atomic E-state index is 0.141. The van der Waals surface area contributed by atoms with Gasteiger partial charge in [-0.15, -0.1) is 5.06 Å². The maximum Gasteiger partial charge on any atom is 0.330 e. The molecule has 26 heavy (non-hydrogen) atoms. The Morgan fingerprint density at radius 2 is 1.88 bits per heavy atom. The number of aryl methyl sites for hydroxylation is 1. The van der Waals surface area contributed by atoms with Gasteiger partial charge in [-0.2, -0.15) is 0 Å². The summed E-state index contributed by atoms with van der Waals surface area (Å²) in [6.07, 6.45) is 9.38. The first-order valence-electron chi connectivity index (χ1n) is 9.80. The fourth-order valence-corrected chi connectivity index (χ4v) is 3.59. The van der Waals surface area contributed by atoms with Crippen LogP contribution in [0.2, 0.25) is 0 Å². The van der Waals surface area contributed by atoms with Crippen LogP contribution in [0.15, 0.2) is 24.5 Å². The maximum absolute atomic E-state index is 12.1. The van der Waals surface area contributed by atoms with E-state index in [-0.39, 0.29) is 5.97 Å². The molecule has 0 radical (unpaired) electrons. The van der Waals surface area contributed by atoms with Crippen LogP contribution in [0.4, 0.5) is 0 Å². The van der Waals surface area contributed by atoms with Crippen molar-refractivity contribution in [2.75, 3.05) is 27.2 Å². The van der Waals surface area contributed by atoms with Crippen LogP contribution in [-0.4, -0.2) is 54.1 Å². The summed E-state index contributed by atoms with van der Waals surface area (Å²) in [6, 6.07) is 4.79. The normalized spacial score (nSPS) is 18.1. The van der Waals surface area contributed by atoms with Crippen molar-refractivity contribution in [2.45, 2.75) is 58.9 Å². The Morgan fingerprint density at radius 1 is 1.27 bits per heavy atom. The van der Waals surface area contributed by atoms with E-state index in [0.717, 1.165) is 32.4 Å². The second-order valence-electron chi connectivity index (χ2n) is 8.67. The fraction of sp³-hybridized carbons (Fsp3) is 0.714. The predicted octanol–water partition coefficient (Wildman–Crippen LogP) is 3.55. The fourth-order valence-electron chi connectivity index (χ4n) is 3.59. The SMILES string of the molecule is CN(C)C(CCCc1ccncc1)C1CCN(OC(=O)C(C)(C)C)CC1. The van der Waals surface area contributed by atoms with Crippen LogP contribution in [0.1, 0.15) is 52.0 Å².